The van der Waals surface area contributed by atoms with Crippen LogP contribution < -0.4 is 56.1 Å². The maximum Gasteiger partial charge on any atom is 1.00 e. The first-order valence-corrected chi connectivity index (χ1v) is 3.10. The topological polar surface area (TPSA) is 23.3 Å². The van der Waals surface area contributed by atoms with E-state index in [2.05, 4.69) is 5.32 Å². The zero-order chi connectivity index (χ0) is 7.40. The molecule has 0 atom stereocenters. The van der Waals surface area contributed by atoms with Crippen LogP contribution in [0.15, 0.2) is 24.3 Å². The van der Waals surface area contributed by atoms with Crippen LogP contribution in [0.2, 0.25) is 0 Å². The van der Waals surface area contributed by atoms with Gasteiger partial charge in [-0.05, 0) is 12.1 Å². The normalized spacial score (nSPS) is 8.18. The molecule has 11 heavy (non-hydrogen) atoms. The van der Waals surface area contributed by atoms with Gasteiger partial charge in [-0.25, -0.2) is 0 Å². The van der Waals surface area contributed by atoms with Crippen molar-refractivity contribution >= 4 is 5.69 Å². The van der Waals surface area contributed by atoms with E-state index < -0.39 is 0 Å². The van der Waals surface area contributed by atoms with E-state index in [9.17, 15) is 0 Å². The minimum atomic E-state index is 0. The van der Waals surface area contributed by atoms with E-state index in [1.54, 1.807) is 14.2 Å². The summed E-state index contributed by atoms with van der Waals surface area (Å²) < 4.78 is 4.97. The summed E-state index contributed by atoms with van der Waals surface area (Å²) >= 11 is 0. The van der Waals surface area contributed by atoms with Crippen LogP contribution in [-0.4, -0.2) is 14.2 Å². The van der Waals surface area contributed by atoms with Crippen molar-refractivity contribution in [3.63, 3.8) is 0 Å². The Bertz CT molecular complexity index is 175. The first-order valence-electron chi connectivity index (χ1n) is 3.10. The molecular formula is C8H10KNO. The quantitative estimate of drug-likeness (QED) is 0.547. The minimum Gasteiger partial charge on any atom is -0.687 e. The second-order valence-electron chi connectivity index (χ2n) is 1.92. The third-order valence-electron chi connectivity index (χ3n) is 1.33. The molecule has 1 aromatic rings. The molecule has 3 heteroatoms. The van der Waals surface area contributed by atoms with Crippen molar-refractivity contribution in [1.29, 1.82) is 0 Å². The van der Waals surface area contributed by atoms with Crippen molar-refractivity contribution < 1.29 is 56.1 Å². The Kier molecular flexibility index (Phi) is 6.28. The van der Waals surface area contributed by atoms with Gasteiger partial charge < -0.3 is 10.1 Å². The Morgan fingerprint density at radius 1 is 1.18 bits per heavy atom. The molecule has 2 nitrogen and oxygen atoms in total. The Balaban J connectivity index is 0.000001000. The van der Waals surface area contributed by atoms with E-state index in [0.717, 1.165) is 11.4 Å². The number of hydrogen-bond donors (Lipinski definition) is 0. The molecule has 0 fully saturated rings. The summed E-state index contributed by atoms with van der Waals surface area (Å²) in [6.45, 7) is 0. The molecule has 0 saturated carbocycles. The fourth-order valence-electron chi connectivity index (χ4n) is 0.731. The SMILES string of the molecule is C[N-]c1ccc(OC)cc1.[K+]. The monoisotopic (exact) mass is 175 g/mol. The zero-order valence-corrected chi connectivity index (χ0v) is 10.3. The van der Waals surface area contributed by atoms with Crippen molar-refractivity contribution in [2.24, 2.45) is 0 Å². The predicted molar refractivity (Wildman–Crippen MR) is 41.9 cm³/mol. The minimum absolute atomic E-state index is 0. The Labute approximate surface area is 110 Å². The van der Waals surface area contributed by atoms with E-state index in [1.807, 2.05) is 24.3 Å². The van der Waals surface area contributed by atoms with Gasteiger partial charge in [0.05, 0.1) is 7.11 Å². The van der Waals surface area contributed by atoms with Crippen molar-refractivity contribution in [2.75, 3.05) is 14.2 Å². The first kappa shape index (κ1) is 11.5. The number of methoxy groups -OCH3 is 1. The summed E-state index contributed by atoms with van der Waals surface area (Å²) in [4.78, 5) is 0. The molecule has 0 aliphatic carbocycles. The van der Waals surface area contributed by atoms with Gasteiger partial charge in [0.1, 0.15) is 5.75 Å². The molecule has 0 unspecified atom stereocenters. The van der Waals surface area contributed by atoms with Crippen LogP contribution in [0.1, 0.15) is 0 Å². The molecule has 0 aromatic heterocycles. The van der Waals surface area contributed by atoms with Crippen molar-refractivity contribution in [3.8, 4) is 5.75 Å². The Morgan fingerprint density at radius 3 is 2.09 bits per heavy atom. The van der Waals surface area contributed by atoms with Gasteiger partial charge in [0, 0.05) is 0 Å². The van der Waals surface area contributed by atoms with Crippen LogP contribution in [0.5, 0.6) is 5.75 Å². The fraction of sp³-hybridized carbons (Fsp3) is 0.250. The van der Waals surface area contributed by atoms with Crippen LogP contribution in [0.3, 0.4) is 0 Å². The third kappa shape index (κ3) is 3.58. The second kappa shape index (κ2) is 6.03. The van der Waals surface area contributed by atoms with Crippen LogP contribution in [0.4, 0.5) is 5.69 Å². The Hall–Kier alpha value is 0.456. The molecule has 0 bridgehead atoms. The molecule has 0 amide bonds. The summed E-state index contributed by atoms with van der Waals surface area (Å²) in [7, 11) is 3.42. The van der Waals surface area contributed by atoms with Gasteiger partial charge in [-0.2, -0.15) is 0 Å². The molecule has 1 aromatic carbocycles. The standard InChI is InChI=1S/C8H10NO.K/c1-9-7-3-5-8(10-2)6-4-7;/h3-6H,1-2H3;/q-1;+1. The van der Waals surface area contributed by atoms with E-state index in [-0.39, 0.29) is 51.4 Å². The van der Waals surface area contributed by atoms with Gasteiger partial charge in [0.2, 0.25) is 0 Å². The summed E-state index contributed by atoms with van der Waals surface area (Å²) in [5.41, 5.74) is 0.973. The fourth-order valence-corrected chi connectivity index (χ4v) is 0.731. The molecule has 0 saturated heterocycles. The molecule has 0 spiro atoms. The molecular weight excluding hydrogens is 165 g/mol. The van der Waals surface area contributed by atoms with E-state index in [4.69, 9.17) is 4.74 Å². The number of rotatable bonds is 2. The van der Waals surface area contributed by atoms with Crippen molar-refractivity contribution in [1.82, 2.24) is 0 Å². The van der Waals surface area contributed by atoms with Crippen molar-refractivity contribution in [2.45, 2.75) is 0 Å². The average Bonchev–Trinajstić information content (AvgIpc) is 2.05. The number of benzene rings is 1. The largest absolute Gasteiger partial charge is 1.00 e. The van der Waals surface area contributed by atoms with Gasteiger partial charge in [-0.15, -0.1) is 12.7 Å². The van der Waals surface area contributed by atoms with Crippen molar-refractivity contribution in [3.05, 3.63) is 29.6 Å². The molecule has 54 valence electrons. The second-order valence-corrected chi connectivity index (χ2v) is 1.92. The molecule has 1 rings (SSSR count). The van der Waals surface area contributed by atoms with Gasteiger partial charge in [-0.3, -0.25) is 0 Å². The summed E-state index contributed by atoms with van der Waals surface area (Å²) in [5.74, 6) is 0.868. The van der Waals surface area contributed by atoms with Crippen LogP contribution >= 0.6 is 0 Å². The van der Waals surface area contributed by atoms with Gasteiger partial charge >= 0.3 is 51.4 Å². The Morgan fingerprint density at radius 2 is 1.73 bits per heavy atom. The maximum atomic E-state index is 4.97. The van der Waals surface area contributed by atoms with E-state index in [0.29, 0.717) is 0 Å². The summed E-state index contributed by atoms with van der Waals surface area (Å²) in [6.07, 6.45) is 0. The third-order valence-corrected chi connectivity index (χ3v) is 1.33. The molecule has 0 aliphatic rings. The van der Waals surface area contributed by atoms with Gasteiger partial charge in [0.25, 0.3) is 0 Å². The van der Waals surface area contributed by atoms with Gasteiger partial charge in [0.15, 0.2) is 0 Å². The van der Waals surface area contributed by atoms with E-state index in [1.165, 1.54) is 0 Å². The first-order chi connectivity index (χ1) is 4.86. The molecule has 0 N–H and O–H groups in total. The summed E-state index contributed by atoms with van der Waals surface area (Å²) in [6, 6.07) is 7.61. The predicted octanol–water partition coefficient (Wildman–Crippen LogP) is -0.666. The zero-order valence-electron chi connectivity index (χ0n) is 7.16. The van der Waals surface area contributed by atoms with Gasteiger partial charge in [-0.1, -0.05) is 12.1 Å². The van der Waals surface area contributed by atoms with Crippen LogP contribution in [0, 0.1) is 0 Å². The number of nitrogens with zero attached hydrogens (tertiary/aromatic N) is 1. The molecule has 0 heterocycles. The van der Waals surface area contributed by atoms with E-state index >= 15 is 0 Å². The number of hydrogen-bond acceptors (Lipinski definition) is 1. The van der Waals surface area contributed by atoms with Crippen LogP contribution in [-0.2, 0) is 0 Å². The summed E-state index contributed by atoms with van der Waals surface area (Å²) in [5, 5.41) is 3.99. The molecule has 0 aliphatic heterocycles. The average molecular weight is 175 g/mol. The number of ether oxygens (including phenoxy) is 1. The smallest absolute Gasteiger partial charge is 0.687 e. The van der Waals surface area contributed by atoms with Crippen LogP contribution in [0.25, 0.3) is 5.32 Å². The molecule has 0 radical (unpaired) electrons. The maximum absolute atomic E-state index is 4.97.